The smallest absolute Gasteiger partial charge is 0.0724 e. The van der Waals surface area contributed by atoms with Crippen LogP contribution in [0.25, 0.3) is 0 Å². The van der Waals surface area contributed by atoms with E-state index in [-0.39, 0.29) is 0 Å². The third kappa shape index (κ3) is 3.15. The average molecular weight is 261 g/mol. The van der Waals surface area contributed by atoms with Gasteiger partial charge in [0.15, 0.2) is 0 Å². The molecule has 0 amide bonds. The zero-order valence-corrected chi connectivity index (χ0v) is 12.1. The lowest BCUT2D eigenvalue weighted by Crippen LogP contribution is -2.19. The first-order valence-electron chi connectivity index (χ1n) is 6.14. The highest BCUT2D eigenvalue weighted by Crippen LogP contribution is 2.26. The van der Waals surface area contributed by atoms with Gasteiger partial charge in [-0.15, -0.1) is 11.3 Å². The van der Waals surface area contributed by atoms with Gasteiger partial charge < -0.3 is 5.32 Å². The van der Waals surface area contributed by atoms with E-state index in [9.17, 15) is 0 Å². The molecule has 0 radical (unpaired) electrons. The third-order valence-electron chi connectivity index (χ3n) is 2.97. The summed E-state index contributed by atoms with van der Waals surface area (Å²) < 4.78 is 0. The summed E-state index contributed by atoms with van der Waals surface area (Å²) in [5, 5.41) is 3.49. The van der Waals surface area contributed by atoms with Crippen LogP contribution in [0.5, 0.6) is 0 Å². The Kier molecular flexibility index (Phi) is 4.09. The van der Waals surface area contributed by atoms with Gasteiger partial charge in [0.1, 0.15) is 0 Å². The van der Waals surface area contributed by atoms with Crippen LogP contribution in [0.4, 0.5) is 0 Å². The second-order valence-electron chi connectivity index (χ2n) is 4.62. The van der Waals surface area contributed by atoms with Crippen LogP contribution in [-0.2, 0) is 6.54 Å². The monoisotopic (exact) mass is 261 g/mol. The molecule has 2 aromatic heterocycles. The highest BCUT2D eigenvalue weighted by Gasteiger charge is 2.10. The Morgan fingerprint density at radius 3 is 2.56 bits per heavy atom. The number of hydrogen-bond donors (Lipinski definition) is 1. The van der Waals surface area contributed by atoms with Gasteiger partial charge in [-0.2, -0.15) is 0 Å². The normalized spacial score (nSPS) is 12.7. The van der Waals surface area contributed by atoms with Crippen molar-refractivity contribution < 1.29 is 0 Å². The molecular formula is C14H19N3S. The quantitative estimate of drug-likeness (QED) is 0.917. The largest absolute Gasteiger partial charge is 0.304 e. The molecule has 1 unspecified atom stereocenters. The molecule has 0 saturated carbocycles. The fraction of sp³-hybridized carbons (Fsp3) is 0.429. The number of hydrogen-bond acceptors (Lipinski definition) is 4. The van der Waals surface area contributed by atoms with Crippen molar-refractivity contribution in [2.45, 2.75) is 40.3 Å². The van der Waals surface area contributed by atoms with Crippen LogP contribution in [0.2, 0.25) is 0 Å². The van der Waals surface area contributed by atoms with E-state index in [1.165, 1.54) is 15.3 Å². The number of nitrogens with zero attached hydrogens (tertiary/aromatic N) is 2. The van der Waals surface area contributed by atoms with Gasteiger partial charge in [0.2, 0.25) is 0 Å². The number of rotatable bonds is 4. The van der Waals surface area contributed by atoms with E-state index in [0.29, 0.717) is 6.04 Å². The van der Waals surface area contributed by atoms with E-state index < -0.39 is 0 Å². The first-order valence-corrected chi connectivity index (χ1v) is 6.95. The maximum atomic E-state index is 4.35. The Balaban J connectivity index is 1.98. The first-order chi connectivity index (χ1) is 8.56. The predicted octanol–water partition coefficient (Wildman–Crippen LogP) is 3.31. The van der Waals surface area contributed by atoms with Crippen molar-refractivity contribution in [3.8, 4) is 0 Å². The second-order valence-corrected chi connectivity index (χ2v) is 6.08. The van der Waals surface area contributed by atoms with Crippen molar-refractivity contribution in [3.05, 3.63) is 45.2 Å². The summed E-state index contributed by atoms with van der Waals surface area (Å²) in [5.41, 5.74) is 3.32. The molecule has 1 N–H and O–H groups in total. The van der Waals surface area contributed by atoms with Crippen LogP contribution in [0.3, 0.4) is 0 Å². The van der Waals surface area contributed by atoms with E-state index in [2.05, 4.69) is 42.1 Å². The van der Waals surface area contributed by atoms with Gasteiger partial charge in [-0.1, -0.05) is 0 Å². The second kappa shape index (κ2) is 5.59. The Morgan fingerprint density at radius 1 is 1.22 bits per heavy atom. The lowest BCUT2D eigenvalue weighted by Gasteiger charge is -2.13. The van der Waals surface area contributed by atoms with E-state index in [1.807, 2.05) is 30.7 Å². The number of thiophene rings is 1. The van der Waals surface area contributed by atoms with Crippen molar-refractivity contribution in [1.29, 1.82) is 0 Å². The number of aryl methyl sites for hydroxylation is 3. The summed E-state index contributed by atoms with van der Waals surface area (Å²) in [4.78, 5) is 11.4. The fourth-order valence-electron chi connectivity index (χ4n) is 1.96. The van der Waals surface area contributed by atoms with Crippen molar-refractivity contribution in [1.82, 2.24) is 15.3 Å². The molecule has 0 spiro atoms. The van der Waals surface area contributed by atoms with Gasteiger partial charge in [-0.25, -0.2) is 0 Å². The Hall–Kier alpha value is -1.26. The minimum absolute atomic E-state index is 0.345. The highest BCUT2D eigenvalue weighted by atomic mass is 32.1. The number of nitrogens with one attached hydrogen (secondary N) is 1. The molecule has 0 aromatic carbocycles. The van der Waals surface area contributed by atoms with E-state index in [0.717, 1.165) is 17.9 Å². The molecule has 1 atom stereocenters. The Bertz CT molecular complexity index is 516. The van der Waals surface area contributed by atoms with Crippen LogP contribution in [-0.4, -0.2) is 9.97 Å². The van der Waals surface area contributed by atoms with E-state index >= 15 is 0 Å². The van der Waals surface area contributed by atoms with Gasteiger partial charge in [0, 0.05) is 34.7 Å². The van der Waals surface area contributed by atoms with Gasteiger partial charge in [-0.05, 0) is 39.3 Å². The fourth-order valence-corrected chi connectivity index (χ4v) is 2.98. The maximum Gasteiger partial charge on any atom is 0.0724 e. The summed E-state index contributed by atoms with van der Waals surface area (Å²) in [6.07, 6.45) is 3.64. The third-order valence-corrected chi connectivity index (χ3v) is 3.95. The van der Waals surface area contributed by atoms with Gasteiger partial charge in [-0.3, -0.25) is 9.97 Å². The first kappa shape index (κ1) is 13.2. The number of aromatic nitrogens is 2. The summed E-state index contributed by atoms with van der Waals surface area (Å²) in [6, 6.07) is 2.61. The highest BCUT2D eigenvalue weighted by molar-refractivity contribution is 7.12. The summed E-state index contributed by atoms with van der Waals surface area (Å²) in [7, 11) is 0. The summed E-state index contributed by atoms with van der Waals surface area (Å²) in [5.74, 6) is 0. The molecule has 0 bridgehead atoms. The summed E-state index contributed by atoms with van der Waals surface area (Å²) >= 11 is 1.85. The SMILES string of the molecule is Cc1cnc(CNC(C)c2cc(C)sc2C)cn1. The van der Waals surface area contributed by atoms with E-state index in [1.54, 1.807) is 0 Å². The topological polar surface area (TPSA) is 37.8 Å². The van der Waals surface area contributed by atoms with Crippen molar-refractivity contribution in [3.63, 3.8) is 0 Å². The molecule has 3 nitrogen and oxygen atoms in total. The van der Waals surface area contributed by atoms with Crippen molar-refractivity contribution >= 4 is 11.3 Å². The van der Waals surface area contributed by atoms with Gasteiger partial charge >= 0.3 is 0 Å². The average Bonchev–Trinajstić information content (AvgIpc) is 2.67. The minimum Gasteiger partial charge on any atom is -0.304 e. The minimum atomic E-state index is 0.345. The Labute approximate surface area is 112 Å². The molecule has 2 aromatic rings. The molecule has 0 aliphatic heterocycles. The zero-order chi connectivity index (χ0) is 13.1. The molecule has 0 saturated heterocycles. The summed E-state index contributed by atoms with van der Waals surface area (Å²) in [6.45, 7) is 9.22. The molecule has 2 heterocycles. The molecule has 96 valence electrons. The zero-order valence-electron chi connectivity index (χ0n) is 11.3. The molecule has 0 aliphatic carbocycles. The Morgan fingerprint density at radius 2 is 2.00 bits per heavy atom. The molecule has 4 heteroatoms. The molecule has 18 heavy (non-hydrogen) atoms. The van der Waals surface area contributed by atoms with Crippen LogP contribution in [0, 0.1) is 20.8 Å². The lowest BCUT2D eigenvalue weighted by atomic mass is 10.1. The van der Waals surface area contributed by atoms with Gasteiger partial charge in [0.05, 0.1) is 11.4 Å². The van der Waals surface area contributed by atoms with Crippen LogP contribution < -0.4 is 5.32 Å². The standard InChI is InChI=1S/C14H19N3S/c1-9-6-17-13(7-15-9)8-16-11(3)14-5-10(2)18-12(14)4/h5-7,11,16H,8H2,1-4H3. The van der Waals surface area contributed by atoms with Gasteiger partial charge in [0.25, 0.3) is 0 Å². The molecular weight excluding hydrogens is 242 g/mol. The van der Waals surface area contributed by atoms with Crippen LogP contribution in [0.15, 0.2) is 18.5 Å². The van der Waals surface area contributed by atoms with Crippen LogP contribution >= 0.6 is 11.3 Å². The van der Waals surface area contributed by atoms with E-state index in [4.69, 9.17) is 0 Å². The maximum absolute atomic E-state index is 4.35. The van der Waals surface area contributed by atoms with Crippen LogP contribution in [0.1, 0.15) is 39.7 Å². The van der Waals surface area contributed by atoms with Crippen molar-refractivity contribution in [2.75, 3.05) is 0 Å². The molecule has 0 fully saturated rings. The van der Waals surface area contributed by atoms with Crippen molar-refractivity contribution in [2.24, 2.45) is 0 Å². The molecule has 2 rings (SSSR count). The molecule has 0 aliphatic rings. The predicted molar refractivity (Wildman–Crippen MR) is 75.8 cm³/mol. The lowest BCUT2D eigenvalue weighted by molar-refractivity contribution is 0.565.